The first-order chi connectivity index (χ1) is 7.30. The third-order valence-electron chi connectivity index (χ3n) is 1.77. The van der Waals surface area contributed by atoms with E-state index in [9.17, 15) is 13.2 Å². The molecule has 6 heteroatoms. The molecular weight excluding hydrogens is 252 g/mol. The first-order valence-corrected chi connectivity index (χ1v) is 6.48. The van der Waals surface area contributed by atoms with E-state index in [1.165, 1.54) is 24.3 Å². The first-order valence-electron chi connectivity index (χ1n) is 4.21. The number of benzene rings is 1. The number of carboxylic acid groups (broad SMARTS) is 1. The summed E-state index contributed by atoms with van der Waals surface area (Å²) >= 11 is 5.77. The van der Waals surface area contributed by atoms with E-state index in [2.05, 4.69) is 0 Å². The van der Waals surface area contributed by atoms with Crippen molar-refractivity contribution in [2.24, 2.45) is 0 Å². The maximum absolute atomic E-state index is 11.2. The van der Waals surface area contributed by atoms with Crippen molar-refractivity contribution in [1.29, 1.82) is 0 Å². The van der Waals surface area contributed by atoms with Gasteiger partial charge in [0.2, 0.25) is 0 Å². The van der Waals surface area contributed by atoms with Crippen molar-refractivity contribution in [2.75, 3.05) is 6.26 Å². The van der Waals surface area contributed by atoms with Gasteiger partial charge in [-0.2, -0.15) is 0 Å². The molecule has 0 fully saturated rings. The Balaban J connectivity index is 3.15. The van der Waals surface area contributed by atoms with Gasteiger partial charge in [-0.15, -0.1) is 0 Å². The van der Waals surface area contributed by atoms with Crippen molar-refractivity contribution in [3.05, 3.63) is 34.9 Å². The molecule has 0 saturated heterocycles. The van der Waals surface area contributed by atoms with Gasteiger partial charge >= 0.3 is 5.97 Å². The van der Waals surface area contributed by atoms with Gasteiger partial charge in [0.05, 0.1) is 9.92 Å². The highest BCUT2D eigenvalue weighted by Gasteiger charge is 2.11. The van der Waals surface area contributed by atoms with E-state index in [0.717, 1.165) is 12.3 Å². The molecule has 4 nitrogen and oxygen atoms in total. The van der Waals surface area contributed by atoms with Gasteiger partial charge in [-0.1, -0.05) is 17.7 Å². The molecule has 0 heterocycles. The van der Waals surface area contributed by atoms with Crippen molar-refractivity contribution in [3.8, 4) is 0 Å². The van der Waals surface area contributed by atoms with Crippen LogP contribution in [0.4, 0.5) is 0 Å². The Bertz CT molecular complexity index is 546. The highest BCUT2D eigenvalue weighted by molar-refractivity contribution is 7.90. The minimum absolute atomic E-state index is 0.0293. The van der Waals surface area contributed by atoms with E-state index in [1.807, 2.05) is 0 Å². The zero-order chi connectivity index (χ0) is 12.3. The van der Waals surface area contributed by atoms with Gasteiger partial charge in [0.1, 0.15) is 0 Å². The molecule has 0 amide bonds. The second-order valence-electron chi connectivity index (χ2n) is 3.13. The van der Waals surface area contributed by atoms with Crippen LogP contribution in [0.5, 0.6) is 0 Å². The van der Waals surface area contributed by atoms with Crippen LogP contribution in [0.25, 0.3) is 6.08 Å². The van der Waals surface area contributed by atoms with Gasteiger partial charge in [0.25, 0.3) is 0 Å². The lowest BCUT2D eigenvalue weighted by Gasteiger charge is -2.02. The predicted octanol–water partition coefficient (Wildman–Crippen LogP) is 1.84. The van der Waals surface area contributed by atoms with Crippen LogP contribution in [-0.4, -0.2) is 25.7 Å². The highest BCUT2D eigenvalue weighted by atomic mass is 35.5. The van der Waals surface area contributed by atoms with Crippen LogP contribution in [0.2, 0.25) is 5.02 Å². The molecular formula is C10H9ClO4S. The van der Waals surface area contributed by atoms with Crippen LogP contribution in [0.3, 0.4) is 0 Å². The SMILES string of the molecule is CS(=O)(=O)c1ccc(C=CC(=O)O)cc1Cl. The van der Waals surface area contributed by atoms with Gasteiger partial charge in [0, 0.05) is 12.3 Å². The molecule has 16 heavy (non-hydrogen) atoms. The minimum Gasteiger partial charge on any atom is -0.478 e. The van der Waals surface area contributed by atoms with E-state index < -0.39 is 15.8 Å². The van der Waals surface area contributed by atoms with Gasteiger partial charge in [-0.05, 0) is 23.8 Å². The summed E-state index contributed by atoms with van der Waals surface area (Å²) in [5, 5.41) is 8.49. The number of hydrogen-bond donors (Lipinski definition) is 1. The molecule has 0 unspecified atom stereocenters. The lowest BCUT2D eigenvalue weighted by molar-refractivity contribution is -0.131. The van der Waals surface area contributed by atoms with Crippen LogP contribution in [0.1, 0.15) is 5.56 Å². The Morgan fingerprint density at radius 1 is 1.44 bits per heavy atom. The summed E-state index contributed by atoms with van der Waals surface area (Å²) in [6.07, 6.45) is 3.34. The third-order valence-corrected chi connectivity index (χ3v) is 3.35. The molecule has 1 N–H and O–H groups in total. The summed E-state index contributed by atoms with van der Waals surface area (Å²) in [6.45, 7) is 0. The van der Waals surface area contributed by atoms with Crippen LogP contribution in [-0.2, 0) is 14.6 Å². The lowest BCUT2D eigenvalue weighted by Crippen LogP contribution is -1.98. The summed E-state index contributed by atoms with van der Waals surface area (Å²) in [7, 11) is -3.35. The predicted molar refractivity (Wildman–Crippen MR) is 61.2 cm³/mol. The van der Waals surface area contributed by atoms with Gasteiger partial charge in [-0.25, -0.2) is 13.2 Å². The number of rotatable bonds is 3. The Labute approximate surface area is 98.1 Å². The molecule has 1 rings (SSSR count). The van der Waals surface area contributed by atoms with E-state index in [4.69, 9.17) is 16.7 Å². The number of aliphatic carboxylic acids is 1. The lowest BCUT2D eigenvalue weighted by atomic mass is 10.2. The fourth-order valence-electron chi connectivity index (χ4n) is 1.09. The minimum atomic E-state index is -3.35. The summed E-state index contributed by atoms with van der Waals surface area (Å²) in [6, 6.07) is 4.23. The van der Waals surface area contributed by atoms with Gasteiger partial charge < -0.3 is 5.11 Å². The van der Waals surface area contributed by atoms with E-state index in [1.54, 1.807) is 0 Å². The Morgan fingerprint density at radius 3 is 2.50 bits per heavy atom. The van der Waals surface area contributed by atoms with Gasteiger partial charge in [0.15, 0.2) is 9.84 Å². The molecule has 0 radical (unpaired) electrons. The van der Waals surface area contributed by atoms with E-state index in [-0.39, 0.29) is 9.92 Å². The van der Waals surface area contributed by atoms with Crippen molar-refractivity contribution in [3.63, 3.8) is 0 Å². The molecule has 0 spiro atoms. The number of carboxylic acids is 1. The first kappa shape index (κ1) is 12.7. The quantitative estimate of drug-likeness (QED) is 0.842. The average molecular weight is 261 g/mol. The smallest absolute Gasteiger partial charge is 0.328 e. The molecule has 0 saturated carbocycles. The van der Waals surface area contributed by atoms with Crippen LogP contribution in [0, 0.1) is 0 Å². The van der Waals surface area contributed by atoms with E-state index in [0.29, 0.717) is 5.56 Å². The Kier molecular flexibility index (Phi) is 3.72. The van der Waals surface area contributed by atoms with Crippen molar-refractivity contribution in [1.82, 2.24) is 0 Å². The number of halogens is 1. The molecule has 0 aliphatic rings. The number of sulfone groups is 1. The average Bonchev–Trinajstić information content (AvgIpc) is 2.12. The molecule has 0 bridgehead atoms. The molecule has 0 aliphatic carbocycles. The fourth-order valence-corrected chi connectivity index (χ4v) is 2.43. The fraction of sp³-hybridized carbons (Fsp3) is 0.100. The number of carbonyl (C=O) groups is 1. The molecule has 0 aromatic heterocycles. The topological polar surface area (TPSA) is 71.4 Å². The second-order valence-corrected chi connectivity index (χ2v) is 5.52. The molecule has 0 aliphatic heterocycles. The highest BCUT2D eigenvalue weighted by Crippen LogP contribution is 2.23. The normalized spacial score (nSPS) is 11.9. The maximum Gasteiger partial charge on any atom is 0.328 e. The van der Waals surface area contributed by atoms with Crippen LogP contribution < -0.4 is 0 Å². The van der Waals surface area contributed by atoms with Crippen molar-refractivity contribution < 1.29 is 18.3 Å². The van der Waals surface area contributed by atoms with Crippen molar-refractivity contribution >= 4 is 33.5 Å². The zero-order valence-electron chi connectivity index (χ0n) is 8.34. The summed E-state index contributed by atoms with van der Waals surface area (Å²) in [5.41, 5.74) is 0.528. The molecule has 1 aromatic carbocycles. The van der Waals surface area contributed by atoms with Crippen molar-refractivity contribution in [2.45, 2.75) is 4.90 Å². The molecule has 1 aromatic rings. The summed E-state index contributed by atoms with van der Waals surface area (Å²) < 4.78 is 22.5. The van der Waals surface area contributed by atoms with E-state index >= 15 is 0 Å². The number of hydrogen-bond acceptors (Lipinski definition) is 3. The Morgan fingerprint density at radius 2 is 2.06 bits per heavy atom. The maximum atomic E-state index is 11.2. The monoisotopic (exact) mass is 260 g/mol. The van der Waals surface area contributed by atoms with Crippen LogP contribution in [0.15, 0.2) is 29.2 Å². The zero-order valence-corrected chi connectivity index (χ0v) is 9.92. The van der Waals surface area contributed by atoms with Gasteiger partial charge in [-0.3, -0.25) is 0 Å². The van der Waals surface area contributed by atoms with Crippen LogP contribution >= 0.6 is 11.6 Å². The molecule has 0 atom stereocenters. The Hall–Kier alpha value is -1.33. The standard InChI is InChI=1S/C10H9ClO4S/c1-16(14,15)9-4-2-7(6-8(9)11)3-5-10(12)13/h2-6H,1H3,(H,12,13). The molecule has 86 valence electrons. The second kappa shape index (κ2) is 4.67. The summed E-state index contributed by atoms with van der Waals surface area (Å²) in [4.78, 5) is 10.3. The summed E-state index contributed by atoms with van der Waals surface area (Å²) in [5.74, 6) is -1.08. The third kappa shape index (κ3) is 3.36. The largest absolute Gasteiger partial charge is 0.478 e.